The average Bonchev–Trinajstić information content (AvgIpc) is 2.91. The minimum atomic E-state index is -0.500. The molecule has 3 aromatic heterocycles. The van der Waals surface area contributed by atoms with Gasteiger partial charge in [-0.1, -0.05) is 6.07 Å². The van der Waals surface area contributed by atoms with Crippen LogP contribution in [0.1, 0.15) is 21.8 Å². The summed E-state index contributed by atoms with van der Waals surface area (Å²) in [5, 5.41) is 2.57. The highest BCUT2D eigenvalue weighted by molar-refractivity contribution is 9.10. The van der Waals surface area contributed by atoms with Crippen molar-refractivity contribution in [1.29, 1.82) is 0 Å². The number of pyridine rings is 1. The molecule has 0 saturated carbocycles. The van der Waals surface area contributed by atoms with Crippen molar-refractivity contribution in [3.8, 4) is 0 Å². The summed E-state index contributed by atoms with van der Waals surface area (Å²) in [5.74, 6) is -0.389. The molecule has 0 radical (unpaired) electrons. The largest absolute Gasteiger partial charge is 0.444 e. The lowest BCUT2D eigenvalue weighted by Crippen LogP contribution is -2.24. The monoisotopic (exact) mass is 361 g/mol. The van der Waals surface area contributed by atoms with Gasteiger partial charge in [0.05, 0.1) is 5.69 Å². The predicted molar refractivity (Wildman–Crippen MR) is 85.3 cm³/mol. The number of halogens is 1. The number of aromatic nitrogens is 2. The van der Waals surface area contributed by atoms with E-state index < -0.39 is 5.91 Å². The first-order valence-corrected chi connectivity index (χ1v) is 7.31. The van der Waals surface area contributed by atoms with Crippen LogP contribution in [0.25, 0.3) is 5.65 Å². The first-order chi connectivity index (χ1) is 10.5. The Labute approximate surface area is 133 Å². The molecule has 0 aliphatic heterocycles. The van der Waals surface area contributed by atoms with Gasteiger partial charge >= 0.3 is 0 Å². The van der Waals surface area contributed by atoms with Crippen LogP contribution in [-0.4, -0.2) is 15.3 Å². The van der Waals surface area contributed by atoms with Gasteiger partial charge in [0.25, 0.3) is 11.5 Å². The summed E-state index contributed by atoms with van der Waals surface area (Å²) < 4.78 is 7.03. The third kappa shape index (κ3) is 2.55. The molecule has 0 saturated heterocycles. The zero-order chi connectivity index (χ0) is 15.9. The van der Waals surface area contributed by atoms with E-state index in [9.17, 15) is 9.59 Å². The van der Waals surface area contributed by atoms with Crippen LogP contribution in [0.5, 0.6) is 0 Å². The second-order valence-corrected chi connectivity index (χ2v) is 5.65. The number of carbonyl (C=O) groups is 1. The summed E-state index contributed by atoms with van der Waals surface area (Å²) >= 11 is 3.13. The summed E-state index contributed by atoms with van der Waals surface area (Å²) in [6.45, 7) is 3.55. The summed E-state index contributed by atoms with van der Waals surface area (Å²) in [6, 6.07) is 6.76. The van der Waals surface area contributed by atoms with Gasteiger partial charge in [0.2, 0.25) is 0 Å². The lowest BCUT2D eigenvalue weighted by Gasteiger charge is -2.09. The normalized spacial score (nSPS) is 10.9. The van der Waals surface area contributed by atoms with Crippen LogP contribution in [0.3, 0.4) is 0 Å². The highest BCUT2D eigenvalue weighted by Gasteiger charge is 2.16. The van der Waals surface area contributed by atoms with E-state index in [0.29, 0.717) is 16.0 Å². The fraction of sp³-hybridized carbons (Fsp3) is 0.133. The molecule has 0 atom stereocenters. The second kappa shape index (κ2) is 5.42. The number of aryl methyl sites for hydroxylation is 2. The van der Waals surface area contributed by atoms with E-state index in [0.717, 1.165) is 5.56 Å². The van der Waals surface area contributed by atoms with E-state index in [2.05, 4.69) is 26.2 Å². The summed E-state index contributed by atoms with van der Waals surface area (Å²) in [4.78, 5) is 29.0. The zero-order valence-corrected chi connectivity index (χ0v) is 13.5. The fourth-order valence-corrected chi connectivity index (χ4v) is 2.42. The van der Waals surface area contributed by atoms with Gasteiger partial charge in [-0.2, -0.15) is 0 Å². The number of furan rings is 1. The second-order valence-electron chi connectivity index (χ2n) is 4.87. The van der Waals surface area contributed by atoms with Gasteiger partial charge in [-0.25, -0.2) is 4.98 Å². The van der Waals surface area contributed by atoms with Gasteiger partial charge in [-0.15, -0.1) is 0 Å². The molecule has 0 spiro atoms. The third-order valence-corrected chi connectivity index (χ3v) is 3.61. The van der Waals surface area contributed by atoms with Crippen LogP contribution in [0, 0.1) is 13.8 Å². The molecule has 7 heteroatoms. The van der Waals surface area contributed by atoms with Crippen molar-refractivity contribution in [2.24, 2.45) is 0 Å². The van der Waals surface area contributed by atoms with Crippen LogP contribution < -0.4 is 10.9 Å². The molecule has 0 aliphatic rings. The molecular weight excluding hydrogens is 350 g/mol. The molecule has 0 bridgehead atoms. The van der Waals surface area contributed by atoms with E-state index >= 15 is 0 Å². The van der Waals surface area contributed by atoms with Crippen molar-refractivity contribution in [3.05, 3.63) is 62.5 Å². The van der Waals surface area contributed by atoms with Crippen molar-refractivity contribution >= 4 is 33.2 Å². The van der Waals surface area contributed by atoms with E-state index in [1.54, 1.807) is 25.3 Å². The van der Waals surface area contributed by atoms with Gasteiger partial charge in [0.15, 0.2) is 10.4 Å². The Morgan fingerprint density at radius 3 is 2.73 bits per heavy atom. The topological polar surface area (TPSA) is 76.6 Å². The highest BCUT2D eigenvalue weighted by atomic mass is 79.9. The number of amides is 1. The Morgan fingerprint density at radius 2 is 2.05 bits per heavy atom. The Morgan fingerprint density at radius 1 is 1.27 bits per heavy atom. The first kappa shape index (κ1) is 14.5. The molecule has 6 nitrogen and oxygen atoms in total. The molecule has 112 valence electrons. The third-order valence-electron chi connectivity index (χ3n) is 3.19. The number of rotatable bonds is 2. The van der Waals surface area contributed by atoms with Crippen molar-refractivity contribution in [2.75, 3.05) is 5.32 Å². The molecule has 3 rings (SSSR count). The Hall–Kier alpha value is -2.41. The Kier molecular flexibility index (Phi) is 3.58. The number of hydrogen-bond acceptors (Lipinski definition) is 4. The van der Waals surface area contributed by atoms with Crippen molar-refractivity contribution in [3.63, 3.8) is 0 Å². The average molecular weight is 362 g/mol. The zero-order valence-electron chi connectivity index (χ0n) is 11.9. The maximum atomic E-state index is 12.5. The maximum Gasteiger partial charge on any atom is 0.291 e. The van der Waals surface area contributed by atoms with Crippen LogP contribution in [0.4, 0.5) is 5.69 Å². The van der Waals surface area contributed by atoms with Gasteiger partial charge < -0.3 is 9.73 Å². The SMILES string of the molecule is Cc1ccc2nc(C)c(NC(=O)c3ccc(Br)o3)c(=O)n2c1. The molecule has 0 aliphatic carbocycles. The lowest BCUT2D eigenvalue weighted by atomic mass is 10.3. The summed E-state index contributed by atoms with van der Waals surface area (Å²) in [6.07, 6.45) is 1.68. The molecule has 1 N–H and O–H groups in total. The lowest BCUT2D eigenvalue weighted by molar-refractivity contribution is 0.0995. The van der Waals surface area contributed by atoms with Crippen molar-refractivity contribution in [1.82, 2.24) is 9.38 Å². The van der Waals surface area contributed by atoms with Gasteiger partial charge in [0, 0.05) is 6.20 Å². The van der Waals surface area contributed by atoms with E-state index in [-0.39, 0.29) is 17.0 Å². The van der Waals surface area contributed by atoms with Crippen molar-refractivity contribution in [2.45, 2.75) is 13.8 Å². The summed E-state index contributed by atoms with van der Waals surface area (Å²) in [5.41, 5.74) is 1.72. The number of nitrogens with zero attached hydrogens (tertiary/aromatic N) is 2. The molecule has 1 amide bonds. The van der Waals surface area contributed by atoms with Crippen LogP contribution in [0.15, 0.2) is 44.3 Å². The molecule has 0 unspecified atom stereocenters. The minimum absolute atomic E-state index is 0.111. The molecule has 22 heavy (non-hydrogen) atoms. The molecule has 3 aromatic rings. The smallest absolute Gasteiger partial charge is 0.291 e. The molecule has 0 fully saturated rings. The van der Waals surface area contributed by atoms with Gasteiger partial charge in [-0.05, 0) is 53.5 Å². The fourth-order valence-electron chi connectivity index (χ4n) is 2.11. The van der Waals surface area contributed by atoms with Crippen LogP contribution in [-0.2, 0) is 0 Å². The maximum absolute atomic E-state index is 12.5. The van der Waals surface area contributed by atoms with Gasteiger partial charge in [-0.3, -0.25) is 14.0 Å². The van der Waals surface area contributed by atoms with E-state index in [4.69, 9.17) is 4.42 Å². The highest BCUT2D eigenvalue weighted by Crippen LogP contribution is 2.16. The number of fused-ring (bicyclic) bond motifs is 1. The molecule has 3 heterocycles. The Bertz CT molecular complexity index is 943. The number of nitrogens with one attached hydrogen (secondary N) is 1. The standard InChI is InChI=1S/C15H12BrN3O3/c1-8-3-6-12-17-9(2)13(15(21)19(12)7-8)18-14(20)10-4-5-11(16)22-10/h3-7H,1-2H3,(H,18,20). The minimum Gasteiger partial charge on any atom is -0.444 e. The summed E-state index contributed by atoms with van der Waals surface area (Å²) in [7, 11) is 0. The predicted octanol–water partition coefficient (Wildman–Crippen LogP) is 2.92. The van der Waals surface area contributed by atoms with Crippen LogP contribution in [0.2, 0.25) is 0 Å². The number of hydrogen-bond donors (Lipinski definition) is 1. The molecule has 0 aromatic carbocycles. The van der Waals surface area contributed by atoms with E-state index in [1.807, 2.05) is 13.0 Å². The Balaban J connectivity index is 2.07. The molecular formula is C15H12BrN3O3. The van der Waals surface area contributed by atoms with Crippen molar-refractivity contribution < 1.29 is 9.21 Å². The number of anilines is 1. The first-order valence-electron chi connectivity index (χ1n) is 6.52. The van der Waals surface area contributed by atoms with Crippen LogP contribution >= 0.6 is 15.9 Å². The number of carbonyl (C=O) groups excluding carboxylic acids is 1. The van der Waals surface area contributed by atoms with E-state index in [1.165, 1.54) is 10.5 Å². The van der Waals surface area contributed by atoms with Gasteiger partial charge in [0.1, 0.15) is 11.3 Å². The quantitative estimate of drug-likeness (QED) is 0.761.